The van der Waals surface area contributed by atoms with Crippen molar-refractivity contribution in [3.8, 4) is 0 Å². The van der Waals surface area contributed by atoms with Crippen molar-refractivity contribution >= 4 is 40.4 Å². The molecule has 31 heavy (non-hydrogen) atoms. The molecule has 166 valence electrons. The van der Waals surface area contributed by atoms with Gasteiger partial charge in [-0.25, -0.2) is 4.79 Å². The zero-order valence-corrected chi connectivity index (χ0v) is 19.8. The average molecular weight is 459 g/mol. The van der Waals surface area contributed by atoms with E-state index in [1.54, 1.807) is 6.07 Å². The van der Waals surface area contributed by atoms with E-state index in [4.69, 9.17) is 4.74 Å². The topological polar surface area (TPSA) is 63.6 Å². The number of hydrogen-bond donors (Lipinski definition) is 1. The Hall–Kier alpha value is -2.05. The fourth-order valence-corrected chi connectivity index (χ4v) is 5.78. The van der Waals surface area contributed by atoms with E-state index in [0.717, 1.165) is 41.0 Å². The minimum atomic E-state index is -0.306. The van der Waals surface area contributed by atoms with Crippen LogP contribution in [0.15, 0.2) is 47.1 Å². The van der Waals surface area contributed by atoms with Crippen molar-refractivity contribution in [2.45, 2.75) is 56.8 Å². The number of Topliss-reactive ketones (excluding diaryl/α,β-unsaturated/α-hetero) is 1. The maximum Gasteiger partial charge on any atom is 0.348 e. The van der Waals surface area contributed by atoms with Gasteiger partial charge in [-0.2, -0.15) is 0 Å². The number of unbranched alkanes of at least 4 members (excludes halogenated alkanes) is 2. The van der Waals surface area contributed by atoms with E-state index in [0.29, 0.717) is 11.3 Å². The molecule has 0 amide bonds. The minimum Gasteiger partial charge on any atom is -0.504 e. The molecule has 0 radical (unpaired) electrons. The van der Waals surface area contributed by atoms with Gasteiger partial charge in [0.25, 0.3) is 0 Å². The van der Waals surface area contributed by atoms with Crippen LogP contribution in [0.3, 0.4) is 0 Å². The molecule has 1 atom stereocenters. The van der Waals surface area contributed by atoms with Gasteiger partial charge in [-0.05, 0) is 67.2 Å². The first-order valence-electron chi connectivity index (χ1n) is 10.9. The summed E-state index contributed by atoms with van der Waals surface area (Å²) in [4.78, 5) is 26.8. The van der Waals surface area contributed by atoms with Crippen molar-refractivity contribution in [3.05, 3.63) is 57.5 Å². The van der Waals surface area contributed by atoms with Crippen molar-refractivity contribution in [2.24, 2.45) is 5.92 Å². The van der Waals surface area contributed by atoms with Crippen molar-refractivity contribution in [1.29, 1.82) is 0 Å². The number of benzene rings is 1. The number of aryl methyl sites for hydroxylation is 1. The highest BCUT2D eigenvalue weighted by Crippen LogP contribution is 2.39. The van der Waals surface area contributed by atoms with Crippen molar-refractivity contribution in [1.82, 2.24) is 0 Å². The standard InChI is InChI=1S/C25H30O4S2/c1-3-4-5-15-30-19-11-9-17(10-12-19)23-18(16-21(26)24(23)27)7-6-8-20-13-14-22(31-20)25(28)29-2/h9-14,18,27H,3-8,15-16H2,1-2H3. The number of ether oxygens (including phenoxy) is 1. The minimum absolute atomic E-state index is 0.0376. The van der Waals surface area contributed by atoms with Gasteiger partial charge in [-0.1, -0.05) is 31.9 Å². The molecule has 1 aromatic carbocycles. The van der Waals surface area contributed by atoms with Crippen LogP contribution < -0.4 is 0 Å². The Morgan fingerprint density at radius 3 is 2.65 bits per heavy atom. The van der Waals surface area contributed by atoms with E-state index in [2.05, 4.69) is 19.1 Å². The lowest BCUT2D eigenvalue weighted by Crippen LogP contribution is -2.02. The lowest BCUT2D eigenvalue weighted by molar-refractivity contribution is -0.117. The Morgan fingerprint density at radius 2 is 1.94 bits per heavy atom. The van der Waals surface area contributed by atoms with Gasteiger partial charge in [-0.15, -0.1) is 23.1 Å². The smallest absolute Gasteiger partial charge is 0.348 e. The summed E-state index contributed by atoms with van der Waals surface area (Å²) >= 11 is 3.31. The highest BCUT2D eigenvalue weighted by Gasteiger charge is 2.32. The van der Waals surface area contributed by atoms with Crippen molar-refractivity contribution < 1.29 is 19.4 Å². The Bertz CT molecular complexity index is 927. The zero-order valence-electron chi connectivity index (χ0n) is 18.2. The van der Waals surface area contributed by atoms with E-state index < -0.39 is 0 Å². The third-order valence-electron chi connectivity index (χ3n) is 5.57. The molecule has 1 aromatic heterocycles. The van der Waals surface area contributed by atoms with E-state index in [1.165, 1.54) is 42.6 Å². The first-order valence-corrected chi connectivity index (χ1v) is 12.7. The summed E-state index contributed by atoms with van der Waals surface area (Å²) in [7, 11) is 1.39. The van der Waals surface area contributed by atoms with Crippen LogP contribution in [0, 0.1) is 5.92 Å². The maximum absolute atomic E-state index is 12.2. The number of aliphatic hydroxyl groups excluding tert-OH is 1. The maximum atomic E-state index is 12.2. The second-order valence-electron chi connectivity index (χ2n) is 7.82. The van der Waals surface area contributed by atoms with Crippen LogP contribution in [0.2, 0.25) is 0 Å². The summed E-state index contributed by atoms with van der Waals surface area (Å²) in [5.74, 6) is 0.609. The van der Waals surface area contributed by atoms with E-state index in [-0.39, 0.29) is 23.4 Å². The molecule has 1 heterocycles. The molecule has 4 nitrogen and oxygen atoms in total. The van der Waals surface area contributed by atoms with Gasteiger partial charge in [0.05, 0.1) is 7.11 Å². The Kier molecular flexibility index (Phi) is 8.79. The number of ketones is 1. The number of carbonyl (C=O) groups is 2. The van der Waals surface area contributed by atoms with Gasteiger partial charge in [0.1, 0.15) is 4.88 Å². The van der Waals surface area contributed by atoms with Gasteiger partial charge in [0.15, 0.2) is 11.5 Å². The molecule has 0 spiro atoms. The van der Waals surface area contributed by atoms with Crippen LogP contribution >= 0.6 is 23.1 Å². The van der Waals surface area contributed by atoms with E-state index in [9.17, 15) is 14.7 Å². The van der Waals surface area contributed by atoms with Crippen molar-refractivity contribution in [3.63, 3.8) is 0 Å². The lowest BCUT2D eigenvalue weighted by atomic mass is 9.90. The number of aliphatic hydroxyl groups is 1. The first-order chi connectivity index (χ1) is 15.0. The molecule has 6 heteroatoms. The Labute approximate surface area is 192 Å². The fraction of sp³-hybridized carbons (Fsp3) is 0.440. The predicted octanol–water partition coefficient (Wildman–Crippen LogP) is 6.70. The summed E-state index contributed by atoms with van der Waals surface area (Å²) in [6.45, 7) is 2.21. The molecule has 0 fully saturated rings. The molecule has 0 bridgehead atoms. The molecule has 3 rings (SSSR count). The number of thioether (sulfide) groups is 1. The first kappa shape index (κ1) is 23.6. The molecule has 1 unspecified atom stereocenters. The molecular weight excluding hydrogens is 428 g/mol. The average Bonchev–Trinajstić information content (AvgIpc) is 3.36. The number of hydrogen-bond acceptors (Lipinski definition) is 6. The SMILES string of the molecule is CCCCCSc1ccc(C2=C(O)C(=O)CC2CCCc2ccc(C(=O)OC)s2)cc1. The molecule has 0 saturated heterocycles. The van der Waals surface area contributed by atoms with Gasteiger partial charge < -0.3 is 9.84 Å². The second-order valence-corrected chi connectivity index (χ2v) is 10.2. The monoisotopic (exact) mass is 458 g/mol. The largest absolute Gasteiger partial charge is 0.504 e. The zero-order chi connectivity index (χ0) is 22.2. The normalized spacial score (nSPS) is 16.2. The van der Waals surface area contributed by atoms with Gasteiger partial charge in [0.2, 0.25) is 0 Å². The third-order valence-corrected chi connectivity index (χ3v) is 7.79. The predicted molar refractivity (Wildman–Crippen MR) is 128 cm³/mol. The summed E-state index contributed by atoms with van der Waals surface area (Å²) in [5.41, 5.74) is 1.73. The van der Waals surface area contributed by atoms with Crippen LogP contribution in [0.5, 0.6) is 0 Å². The summed E-state index contributed by atoms with van der Waals surface area (Å²) in [6.07, 6.45) is 6.62. The van der Waals surface area contributed by atoms with Crippen LogP contribution in [0.1, 0.15) is 65.6 Å². The molecule has 0 aliphatic heterocycles. The van der Waals surface area contributed by atoms with Crippen LogP contribution in [-0.2, 0) is 16.0 Å². The molecule has 0 saturated carbocycles. The number of allylic oxidation sites excluding steroid dienone is 2. The number of rotatable bonds is 11. The molecular formula is C25H30O4S2. The molecule has 1 aliphatic rings. The summed E-state index contributed by atoms with van der Waals surface area (Å²) < 4.78 is 4.76. The molecule has 1 N–H and O–H groups in total. The molecule has 1 aliphatic carbocycles. The number of methoxy groups -OCH3 is 1. The number of thiophene rings is 1. The van der Waals surface area contributed by atoms with Crippen LogP contribution in [-0.4, -0.2) is 29.7 Å². The summed E-state index contributed by atoms with van der Waals surface area (Å²) in [6, 6.07) is 12.0. The number of esters is 1. The molecule has 2 aromatic rings. The third kappa shape index (κ3) is 6.23. The number of carbonyl (C=O) groups excluding carboxylic acids is 2. The van der Waals surface area contributed by atoms with E-state index in [1.807, 2.05) is 30.0 Å². The van der Waals surface area contributed by atoms with E-state index >= 15 is 0 Å². The quantitative estimate of drug-likeness (QED) is 0.231. The van der Waals surface area contributed by atoms with Crippen LogP contribution in [0.4, 0.5) is 0 Å². The van der Waals surface area contributed by atoms with Gasteiger partial charge in [0, 0.05) is 21.8 Å². The highest BCUT2D eigenvalue weighted by molar-refractivity contribution is 7.99. The highest BCUT2D eigenvalue weighted by atomic mass is 32.2. The Balaban J connectivity index is 1.59. The van der Waals surface area contributed by atoms with Gasteiger partial charge >= 0.3 is 5.97 Å². The van der Waals surface area contributed by atoms with Gasteiger partial charge in [-0.3, -0.25) is 4.79 Å². The second kappa shape index (κ2) is 11.5. The van der Waals surface area contributed by atoms with Crippen LogP contribution in [0.25, 0.3) is 5.57 Å². The Morgan fingerprint density at radius 1 is 1.16 bits per heavy atom. The summed E-state index contributed by atoms with van der Waals surface area (Å²) in [5, 5.41) is 10.4. The fourth-order valence-electron chi connectivity index (χ4n) is 3.90. The van der Waals surface area contributed by atoms with Crippen molar-refractivity contribution in [2.75, 3.05) is 12.9 Å². The lowest BCUT2D eigenvalue weighted by Gasteiger charge is -2.14.